The molecule has 0 radical (unpaired) electrons. The molecule has 1 aromatic rings. The van der Waals surface area contributed by atoms with E-state index in [0.717, 1.165) is 0 Å². The summed E-state index contributed by atoms with van der Waals surface area (Å²) in [6.45, 7) is 3.70. The van der Waals surface area contributed by atoms with Crippen molar-refractivity contribution in [2.24, 2.45) is 0 Å². The number of ether oxygens (including phenoxy) is 2. The number of rotatable bonds is 5. The highest BCUT2D eigenvalue weighted by Gasteiger charge is 2.18. The van der Waals surface area contributed by atoms with Crippen LogP contribution in [-0.2, 0) is 9.84 Å². The average molecular weight is 246 g/mol. The lowest BCUT2D eigenvalue weighted by molar-refractivity contribution is 0.314. The third-order valence-electron chi connectivity index (χ3n) is 1.82. The molecule has 1 heterocycles. The normalized spacial score (nSPS) is 11.2. The van der Waals surface area contributed by atoms with Crippen LogP contribution in [0.4, 0.5) is 0 Å². The van der Waals surface area contributed by atoms with E-state index in [2.05, 4.69) is 9.97 Å². The lowest BCUT2D eigenvalue weighted by atomic mass is 10.6. The molecule has 90 valence electrons. The number of methoxy groups -OCH3 is 1. The van der Waals surface area contributed by atoms with Gasteiger partial charge in [-0.15, -0.1) is 0 Å². The second-order valence-electron chi connectivity index (χ2n) is 2.87. The van der Waals surface area contributed by atoms with Crippen LogP contribution in [0.1, 0.15) is 13.8 Å². The quantitative estimate of drug-likeness (QED) is 0.711. The molecule has 0 aliphatic carbocycles. The fourth-order valence-electron chi connectivity index (χ4n) is 0.978. The van der Waals surface area contributed by atoms with Crippen molar-refractivity contribution in [2.45, 2.75) is 19.0 Å². The van der Waals surface area contributed by atoms with Crippen molar-refractivity contribution < 1.29 is 17.9 Å². The van der Waals surface area contributed by atoms with E-state index in [-0.39, 0.29) is 22.7 Å². The number of aromatic nitrogens is 2. The molecule has 0 unspecified atom stereocenters. The monoisotopic (exact) mass is 246 g/mol. The summed E-state index contributed by atoms with van der Waals surface area (Å²) in [6.07, 6.45) is 0. The molecule has 0 aliphatic heterocycles. The lowest BCUT2D eigenvalue weighted by Crippen LogP contribution is -2.10. The van der Waals surface area contributed by atoms with E-state index >= 15 is 0 Å². The van der Waals surface area contributed by atoms with Crippen molar-refractivity contribution >= 4 is 9.84 Å². The minimum Gasteiger partial charge on any atom is -0.481 e. The Morgan fingerprint density at radius 2 is 1.88 bits per heavy atom. The molecule has 0 N–H and O–H groups in total. The molecule has 0 fully saturated rings. The van der Waals surface area contributed by atoms with Gasteiger partial charge in [-0.25, -0.2) is 8.42 Å². The maximum Gasteiger partial charge on any atom is 0.253 e. The van der Waals surface area contributed by atoms with Crippen LogP contribution in [-0.4, -0.2) is 37.9 Å². The second kappa shape index (κ2) is 5.11. The lowest BCUT2D eigenvalue weighted by Gasteiger charge is -2.06. The topological polar surface area (TPSA) is 78.4 Å². The highest BCUT2D eigenvalue weighted by molar-refractivity contribution is 7.91. The number of sulfone groups is 1. The van der Waals surface area contributed by atoms with Crippen molar-refractivity contribution in [3.05, 3.63) is 6.07 Å². The maximum absolute atomic E-state index is 11.6. The Balaban J connectivity index is 3.24. The van der Waals surface area contributed by atoms with Gasteiger partial charge in [-0.05, 0) is 6.92 Å². The molecule has 0 saturated carbocycles. The molecule has 16 heavy (non-hydrogen) atoms. The molecule has 7 heteroatoms. The van der Waals surface area contributed by atoms with Gasteiger partial charge in [0.1, 0.15) is 0 Å². The number of hydrogen-bond acceptors (Lipinski definition) is 6. The van der Waals surface area contributed by atoms with E-state index in [9.17, 15) is 8.42 Å². The van der Waals surface area contributed by atoms with Gasteiger partial charge in [0.2, 0.25) is 21.6 Å². The first-order valence-electron chi connectivity index (χ1n) is 4.82. The van der Waals surface area contributed by atoms with Gasteiger partial charge in [0.15, 0.2) is 0 Å². The highest BCUT2D eigenvalue weighted by Crippen LogP contribution is 2.18. The summed E-state index contributed by atoms with van der Waals surface area (Å²) >= 11 is 0. The molecule has 1 aromatic heterocycles. The Labute approximate surface area is 94.5 Å². The van der Waals surface area contributed by atoms with Crippen LogP contribution in [0.3, 0.4) is 0 Å². The first-order valence-corrected chi connectivity index (χ1v) is 6.47. The van der Waals surface area contributed by atoms with Crippen molar-refractivity contribution in [3.63, 3.8) is 0 Å². The van der Waals surface area contributed by atoms with E-state index in [1.54, 1.807) is 6.92 Å². The number of hydrogen-bond donors (Lipinski definition) is 0. The van der Waals surface area contributed by atoms with E-state index in [1.807, 2.05) is 0 Å². The molecule has 0 bridgehead atoms. The fourth-order valence-corrected chi connectivity index (χ4v) is 1.69. The van der Waals surface area contributed by atoms with E-state index < -0.39 is 9.84 Å². The zero-order chi connectivity index (χ0) is 12.2. The molecule has 0 spiro atoms. The Bertz CT molecular complexity index is 459. The fraction of sp³-hybridized carbons (Fsp3) is 0.556. The Kier molecular flexibility index (Phi) is 4.05. The molecular formula is C9H14N2O4S. The molecule has 0 atom stereocenters. The van der Waals surface area contributed by atoms with Gasteiger partial charge in [0, 0.05) is 0 Å². The third-order valence-corrected chi connectivity index (χ3v) is 3.32. The molecule has 0 aromatic carbocycles. The SMILES string of the molecule is CCOc1cc(OC)nc(S(=O)(=O)CC)n1. The molecule has 6 nitrogen and oxygen atoms in total. The van der Waals surface area contributed by atoms with Gasteiger partial charge in [0.25, 0.3) is 5.16 Å². The van der Waals surface area contributed by atoms with Gasteiger partial charge in [-0.2, -0.15) is 9.97 Å². The van der Waals surface area contributed by atoms with Crippen molar-refractivity contribution in [2.75, 3.05) is 19.5 Å². The summed E-state index contributed by atoms with van der Waals surface area (Å²) in [6, 6.07) is 1.44. The zero-order valence-electron chi connectivity index (χ0n) is 9.43. The predicted octanol–water partition coefficient (Wildman–Crippen LogP) is 0.677. The summed E-state index contributed by atoms with van der Waals surface area (Å²) in [7, 11) is -2.05. The van der Waals surface area contributed by atoms with Gasteiger partial charge in [0.05, 0.1) is 25.5 Å². The maximum atomic E-state index is 11.6. The van der Waals surface area contributed by atoms with Gasteiger partial charge >= 0.3 is 0 Å². The Morgan fingerprint density at radius 3 is 2.38 bits per heavy atom. The van der Waals surface area contributed by atoms with Gasteiger partial charge < -0.3 is 9.47 Å². The predicted molar refractivity (Wildman–Crippen MR) is 57.5 cm³/mol. The van der Waals surface area contributed by atoms with Crippen molar-refractivity contribution in [3.8, 4) is 11.8 Å². The largest absolute Gasteiger partial charge is 0.481 e. The van der Waals surface area contributed by atoms with Gasteiger partial charge in [-0.3, -0.25) is 0 Å². The average Bonchev–Trinajstić information content (AvgIpc) is 2.29. The first kappa shape index (κ1) is 12.7. The van der Waals surface area contributed by atoms with Crippen molar-refractivity contribution in [1.82, 2.24) is 9.97 Å². The zero-order valence-corrected chi connectivity index (χ0v) is 10.2. The van der Waals surface area contributed by atoms with Crippen molar-refractivity contribution in [1.29, 1.82) is 0 Å². The highest BCUT2D eigenvalue weighted by atomic mass is 32.2. The van der Waals surface area contributed by atoms with E-state index in [4.69, 9.17) is 9.47 Å². The molecular weight excluding hydrogens is 232 g/mol. The number of nitrogens with zero attached hydrogens (tertiary/aromatic N) is 2. The van der Waals surface area contributed by atoms with Crippen LogP contribution >= 0.6 is 0 Å². The minimum atomic E-state index is -3.45. The first-order chi connectivity index (χ1) is 7.53. The molecule has 0 amide bonds. The second-order valence-corrected chi connectivity index (χ2v) is 5.04. The van der Waals surface area contributed by atoms with Crippen LogP contribution in [0.25, 0.3) is 0 Å². The third kappa shape index (κ3) is 2.82. The smallest absolute Gasteiger partial charge is 0.253 e. The summed E-state index contributed by atoms with van der Waals surface area (Å²) < 4.78 is 33.2. The summed E-state index contributed by atoms with van der Waals surface area (Å²) in [4.78, 5) is 7.59. The summed E-state index contributed by atoms with van der Waals surface area (Å²) in [5, 5.41) is -0.266. The van der Waals surface area contributed by atoms with Crippen LogP contribution in [0.2, 0.25) is 0 Å². The standard InChI is InChI=1S/C9H14N2O4S/c1-4-15-8-6-7(14-3)10-9(11-8)16(12,13)5-2/h6H,4-5H2,1-3H3. The van der Waals surface area contributed by atoms with Gasteiger partial charge in [-0.1, -0.05) is 6.92 Å². The van der Waals surface area contributed by atoms with Crippen LogP contribution in [0, 0.1) is 0 Å². The van der Waals surface area contributed by atoms with Crippen LogP contribution in [0.15, 0.2) is 11.2 Å². The van der Waals surface area contributed by atoms with E-state index in [0.29, 0.717) is 6.61 Å². The Hall–Kier alpha value is -1.37. The molecule has 0 saturated heterocycles. The summed E-state index contributed by atoms with van der Waals surface area (Å²) in [5.74, 6) is 0.304. The minimum absolute atomic E-state index is 0.0638. The van der Waals surface area contributed by atoms with Crippen LogP contribution in [0.5, 0.6) is 11.8 Å². The molecule has 1 rings (SSSR count). The van der Waals surface area contributed by atoms with E-state index in [1.165, 1.54) is 20.1 Å². The van der Waals surface area contributed by atoms with Crippen LogP contribution < -0.4 is 9.47 Å². The molecule has 0 aliphatic rings. The Morgan fingerprint density at radius 1 is 1.25 bits per heavy atom. The summed E-state index contributed by atoms with van der Waals surface area (Å²) in [5.41, 5.74) is 0.